The standard InChI is InChI=1S/C14H22N3OS/c1-2-4-6-12(7-5-3-1)13-14(16-19-15-13)17-8-10-18-11-9-17/h1-11H2. The topological polar surface area (TPSA) is 38.2 Å². The maximum absolute atomic E-state index is 5.43. The van der Waals surface area contributed by atoms with Crippen molar-refractivity contribution in [2.45, 2.75) is 44.9 Å². The molecule has 19 heavy (non-hydrogen) atoms. The number of rotatable bonds is 2. The number of ether oxygens (including phenoxy) is 1. The van der Waals surface area contributed by atoms with Crippen LogP contribution >= 0.6 is 11.7 Å². The van der Waals surface area contributed by atoms with Crippen LogP contribution in [-0.2, 0) is 4.74 Å². The Labute approximate surface area is 119 Å². The van der Waals surface area contributed by atoms with Crippen molar-refractivity contribution in [3.8, 4) is 0 Å². The summed E-state index contributed by atoms with van der Waals surface area (Å²) in [4.78, 5) is 2.34. The fourth-order valence-electron chi connectivity index (χ4n) is 2.96. The molecular formula is C14H22N3OS. The van der Waals surface area contributed by atoms with Gasteiger partial charge < -0.3 is 9.64 Å². The van der Waals surface area contributed by atoms with Gasteiger partial charge in [-0.2, -0.15) is 8.75 Å². The van der Waals surface area contributed by atoms with Gasteiger partial charge in [-0.25, -0.2) is 0 Å². The molecule has 0 amide bonds. The molecular weight excluding hydrogens is 258 g/mol. The summed E-state index contributed by atoms with van der Waals surface area (Å²) in [5, 5.41) is 0. The van der Waals surface area contributed by atoms with Gasteiger partial charge in [-0.1, -0.05) is 32.1 Å². The fraction of sp³-hybridized carbons (Fsp3) is 0.786. The van der Waals surface area contributed by atoms with Crippen LogP contribution in [0.15, 0.2) is 0 Å². The van der Waals surface area contributed by atoms with E-state index in [2.05, 4.69) is 13.6 Å². The summed E-state index contributed by atoms with van der Waals surface area (Å²) in [6, 6.07) is 0. The van der Waals surface area contributed by atoms with E-state index in [9.17, 15) is 0 Å². The van der Waals surface area contributed by atoms with Crippen molar-refractivity contribution >= 4 is 17.5 Å². The maximum Gasteiger partial charge on any atom is 0.166 e. The number of aromatic nitrogens is 2. The monoisotopic (exact) mass is 280 g/mol. The first-order valence-electron chi connectivity index (χ1n) is 7.45. The molecule has 105 valence electrons. The van der Waals surface area contributed by atoms with Gasteiger partial charge in [0.05, 0.1) is 24.9 Å². The second-order valence-corrected chi connectivity index (χ2v) is 5.94. The highest BCUT2D eigenvalue weighted by atomic mass is 32.1. The van der Waals surface area contributed by atoms with Gasteiger partial charge in [0.2, 0.25) is 0 Å². The van der Waals surface area contributed by atoms with Crippen LogP contribution in [0.3, 0.4) is 0 Å². The molecule has 1 saturated heterocycles. The molecule has 0 bridgehead atoms. The molecule has 1 aliphatic heterocycles. The van der Waals surface area contributed by atoms with Crippen molar-refractivity contribution in [1.82, 2.24) is 8.75 Å². The van der Waals surface area contributed by atoms with E-state index < -0.39 is 0 Å². The molecule has 0 atom stereocenters. The Balaban J connectivity index is 1.73. The van der Waals surface area contributed by atoms with Crippen LogP contribution < -0.4 is 4.90 Å². The number of anilines is 1. The highest BCUT2D eigenvalue weighted by molar-refractivity contribution is 6.99. The van der Waals surface area contributed by atoms with E-state index >= 15 is 0 Å². The van der Waals surface area contributed by atoms with Crippen LogP contribution in [0.2, 0.25) is 0 Å². The average Bonchev–Trinajstić information content (AvgIpc) is 2.88. The molecule has 1 aromatic rings. The molecule has 2 aliphatic rings. The third kappa shape index (κ3) is 3.26. The SMILES string of the molecule is C1CCC[C](c2nsnc2N2CCOCC2)CCC1. The van der Waals surface area contributed by atoms with Crippen molar-refractivity contribution in [1.29, 1.82) is 0 Å². The Morgan fingerprint density at radius 1 is 0.895 bits per heavy atom. The van der Waals surface area contributed by atoms with Gasteiger partial charge in [0, 0.05) is 19.0 Å². The minimum absolute atomic E-state index is 0.812. The van der Waals surface area contributed by atoms with Crippen LogP contribution in [-0.4, -0.2) is 35.1 Å². The summed E-state index contributed by atoms with van der Waals surface area (Å²) in [7, 11) is 0. The predicted molar refractivity (Wildman–Crippen MR) is 77.6 cm³/mol. The van der Waals surface area contributed by atoms with E-state index in [1.165, 1.54) is 68.3 Å². The van der Waals surface area contributed by atoms with E-state index in [-0.39, 0.29) is 0 Å². The third-order valence-electron chi connectivity index (χ3n) is 4.07. The zero-order valence-corrected chi connectivity index (χ0v) is 12.3. The van der Waals surface area contributed by atoms with E-state index in [1.807, 2.05) is 0 Å². The lowest BCUT2D eigenvalue weighted by molar-refractivity contribution is 0.122. The normalized spacial score (nSPS) is 23.1. The van der Waals surface area contributed by atoms with Crippen molar-refractivity contribution < 1.29 is 4.74 Å². The lowest BCUT2D eigenvalue weighted by Gasteiger charge is -2.28. The zero-order chi connectivity index (χ0) is 12.9. The van der Waals surface area contributed by atoms with Crippen LogP contribution in [0.1, 0.15) is 50.6 Å². The molecule has 2 fully saturated rings. The molecule has 1 radical (unpaired) electrons. The number of hydrogen-bond donors (Lipinski definition) is 0. The van der Waals surface area contributed by atoms with Gasteiger partial charge in [0.1, 0.15) is 5.69 Å². The van der Waals surface area contributed by atoms with Crippen molar-refractivity contribution in [2.24, 2.45) is 0 Å². The van der Waals surface area contributed by atoms with Gasteiger partial charge >= 0.3 is 0 Å². The number of morpholine rings is 1. The molecule has 4 nitrogen and oxygen atoms in total. The van der Waals surface area contributed by atoms with Crippen LogP contribution in [0, 0.1) is 5.92 Å². The summed E-state index contributed by atoms with van der Waals surface area (Å²) in [6.45, 7) is 3.52. The third-order valence-corrected chi connectivity index (χ3v) is 4.59. The van der Waals surface area contributed by atoms with E-state index in [0.29, 0.717) is 0 Å². The van der Waals surface area contributed by atoms with Gasteiger partial charge in [0.25, 0.3) is 0 Å². The lowest BCUT2D eigenvalue weighted by Crippen LogP contribution is -2.37. The Kier molecular flexibility index (Phi) is 4.66. The minimum atomic E-state index is 0.812. The Hall–Kier alpha value is -0.680. The average molecular weight is 280 g/mol. The molecule has 0 unspecified atom stereocenters. The lowest BCUT2D eigenvalue weighted by atomic mass is 9.89. The Morgan fingerprint density at radius 3 is 2.32 bits per heavy atom. The quantitative estimate of drug-likeness (QED) is 0.834. The van der Waals surface area contributed by atoms with Crippen LogP contribution in [0.5, 0.6) is 0 Å². The summed E-state index contributed by atoms with van der Waals surface area (Å²) in [5.74, 6) is 2.65. The number of hydrogen-bond acceptors (Lipinski definition) is 5. The van der Waals surface area contributed by atoms with Crippen molar-refractivity contribution in [2.75, 3.05) is 31.2 Å². The molecule has 1 aliphatic carbocycles. The van der Waals surface area contributed by atoms with E-state index in [4.69, 9.17) is 4.74 Å². The number of nitrogens with zero attached hydrogens (tertiary/aromatic N) is 3. The van der Waals surface area contributed by atoms with E-state index in [0.717, 1.165) is 32.1 Å². The van der Waals surface area contributed by atoms with Crippen molar-refractivity contribution in [3.63, 3.8) is 0 Å². The van der Waals surface area contributed by atoms with Crippen LogP contribution in [0.4, 0.5) is 5.82 Å². The minimum Gasteiger partial charge on any atom is -0.378 e. The fourth-order valence-corrected chi connectivity index (χ4v) is 3.57. The maximum atomic E-state index is 5.43. The predicted octanol–water partition coefficient (Wildman–Crippen LogP) is 3.04. The summed E-state index contributed by atoms with van der Waals surface area (Å²) < 4.78 is 14.6. The Bertz CT molecular complexity index is 382. The molecule has 0 aromatic carbocycles. The molecule has 1 saturated carbocycles. The summed E-state index contributed by atoms with van der Waals surface area (Å²) >= 11 is 1.36. The van der Waals surface area contributed by atoms with E-state index in [1.54, 1.807) is 0 Å². The molecule has 2 heterocycles. The first-order chi connectivity index (χ1) is 9.45. The van der Waals surface area contributed by atoms with Gasteiger partial charge in [-0.3, -0.25) is 0 Å². The Morgan fingerprint density at radius 2 is 1.58 bits per heavy atom. The molecule has 1 aromatic heterocycles. The second kappa shape index (κ2) is 6.66. The zero-order valence-electron chi connectivity index (χ0n) is 11.4. The molecule has 3 rings (SSSR count). The smallest absolute Gasteiger partial charge is 0.166 e. The highest BCUT2D eigenvalue weighted by Gasteiger charge is 2.25. The van der Waals surface area contributed by atoms with Gasteiger partial charge in [-0.15, -0.1) is 0 Å². The van der Waals surface area contributed by atoms with Crippen LogP contribution in [0.25, 0.3) is 0 Å². The molecule has 5 heteroatoms. The largest absolute Gasteiger partial charge is 0.378 e. The summed E-state index contributed by atoms with van der Waals surface area (Å²) in [6.07, 6.45) is 9.19. The summed E-state index contributed by atoms with van der Waals surface area (Å²) in [5.41, 5.74) is 1.19. The van der Waals surface area contributed by atoms with Gasteiger partial charge in [0.15, 0.2) is 5.82 Å². The first kappa shape index (κ1) is 13.3. The second-order valence-electron chi connectivity index (χ2n) is 5.41. The van der Waals surface area contributed by atoms with Gasteiger partial charge in [-0.05, 0) is 12.8 Å². The molecule has 0 spiro atoms. The highest BCUT2D eigenvalue weighted by Crippen LogP contribution is 2.34. The first-order valence-corrected chi connectivity index (χ1v) is 8.18. The van der Waals surface area contributed by atoms with Crippen molar-refractivity contribution in [3.05, 3.63) is 11.6 Å². The molecule has 0 N–H and O–H groups in total.